The standard InChI is InChI=1S/C12H19N3O2/c1-7(2)15(8(3)4)11-9(12(16)17)5-6-10(13)14-11/h5-8H,1-4H3,(H2,13,14)(H,16,17). The fraction of sp³-hybridized carbons (Fsp3) is 0.500. The van der Waals surface area contributed by atoms with Crippen molar-refractivity contribution >= 4 is 17.6 Å². The monoisotopic (exact) mass is 237 g/mol. The molecule has 1 aromatic heterocycles. The number of pyridine rings is 1. The fourth-order valence-corrected chi connectivity index (χ4v) is 1.91. The molecule has 3 N–H and O–H groups in total. The largest absolute Gasteiger partial charge is 0.478 e. The molecule has 0 spiro atoms. The molecule has 0 aliphatic rings. The van der Waals surface area contributed by atoms with E-state index in [-0.39, 0.29) is 17.6 Å². The van der Waals surface area contributed by atoms with Crippen LogP contribution in [0.3, 0.4) is 0 Å². The zero-order chi connectivity index (χ0) is 13.2. The van der Waals surface area contributed by atoms with Gasteiger partial charge in [0, 0.05) is 12.1 Å². The van der Waals surface area contributed by atoms with Gasteiger partial charge in [-0.15, -0.1) is 0 Å². The second kappa shape index (κ2) is 5.03. The van der Waals surface area contributed by atoms with E-state index in [1.54, 1.807) is 0 Å². The third kappa shape index (κ3) is 2.87. The Balaban J connectivity index is 3.34. The summed E-state index contributed by atoms with van der Waals surface area (Å²) in [7, 11) is 0. The fourth-order valence-electron chi connectivity index (χ4n) is 1.91. The summed E-state index contributed by atoms with van der Waals surface area (Å²) in [5.41, 5.74) is 5.82. The summed E-state index contributed by atoms with van der Waals surface area (Å²) in [5.74, 6) is -0.224. The maximum Gasteiger partial charge on any atom is 0.339 e. The van der Waals surface area contributed by atoms with E-state index >= 15 is 0 Å². The van der Waals surface area contributed by atoms with Crippen LogP contribution in [0.5, 0.6) is 0 Å². The minimum Gasteiger partial charge on any atom is -0.478 e. The molecule has 94 valence electrons. The van der Waals surface area contributed by atoms with E-state index in [9.17, 15) is 4.79 Å². The van der Waals surface area contributed by atoms with Crippen LogP contribution in [0.25, 0.3) is 0 Å². The first-order valence-electron chi connectivity index (χ1n) is 5.62. The molecule has 5 nitrogen and oxygen atoms in total. The van der Waals surface area contributed by atoms with Gasteiger partial charge in [0.15, 0.2) is 0 Å². The van der Waals surface area contributed by atoms with Gasteiger partial charge in [0.1, 0.15) is 17.2 Å². The second-order valence-corrected chi connectivity index (χ2v) is 4.51. The molecule has 0 radical (unpaired) electrons. The second-order valence-electron chi connectivity index (χ2n) is 4.51. The number of carboxylic acid groups (broad SMARTS) is 1. The van der Waals surface area contributed by atoms with Gasteiger partial charge in [0.05, 0.1) is 0 Å². The Morgan fingerprint density at radius 2 is 1.82 bits per heavy atom. The van der Waals surface area contributed by atoms with E-state index in [0.717, 1.165) is 0 Å². The summed E-state index contributed by atoms with van der Waals surface area (Å²) < 4.78 is 0. The van der Waals surface area contributed by atoms with Crippen LogP contribution in [-0.4, -0.2) is 28.1 Å². The van der Waals surface area contributed by atoms with Crippen LogP contribution in [0.2, 0.25) is 0 Å². The molecule has 0 unspecified atom stereocenters. The number of rotatable bonds is 4. The highest BCUT2D eigenvalue weighted by Gasteiger charge is 2.22. The number of hydrogen-bond donors (Lipinski definition) is 2. The summed E-state index contributed by atoms with van der Waals surface area (Å²) in [4.78, 5) is 17.3. The van der Waals surface area contributed by atoms with Crippen molar-refractivity contribution < 1.29 is 9.90 Å². The van der Waals surface area contributed by atoms with E-state index in [1.165, 1.54) is 12.1 Å². The Labute approximate surface area is 101 Å². The van der Waals surface area contributed by atoms with Crippen molar-refractivity contribution in [3.8, 4) is 0 Å². The van der Waals surface area contributed by atoms with Crippen LogP contribution in [0.1, 0.15) is 38.1 Å². The summed E-state index contributed by atoms with van der Waals surface area (Å²) in [6, 6.07) is 3.31. The Kier molecular flexibility index (Phi) is 3.93. The molecule has 5 heteroatoms. The van der Waals surface area contributed by atoms with Gasteiger partial charge in [-0.05, 0) is 39.8 Å². The summed E-state index contributed by atoms with van der Waals surface area (Å²) in [6.45, 7) is 7.99. The number of nitrogens with two attached hydrogens (primary N) is 1. The van der Waals surface area contributed by atoms with Crippen molar-refractivity contribution in [2.75, 3.05) is 10.6 Å². The summed E-state index contributed by atoms with van der Waals surface area (Å²) in [6.07, 6.45) is 0. The van der Waals surface area contributed by atoms with E-state index < -0.39 is 5.97 Å². The third-order valence-corrected chi connectivity index (χ3v) is 2.48. The van der Waals surface area contributed by atoms with E-state index in [1.807, 2.05) is 32.6 Å². The van der Waals surface area contributed by atoms with Crippen molar-refractivity contribution in [2.45, 2.75) is 39.8 Å². The lowest BCUT2D eigenvalue weighted by atomic mass is 10.1. The van der Waals surface area contributed by atoms with Crippen molar-refractivity contribution in [3.05, 3.63) is 17.7 Å². The number of nitrogens with zero attached hydrogens (tertiary/aromatic N) is 2. The van der Waals surface area contributed by atoms with Crippen molar-refractivity contribution in [2.24, 2.45) is 0 Å². The third-order valence-electron chi connectivity index (χ3n) is 2.48. The van der Waals surface area contributed by atoms with Crippen LogP contribution in [-0.2, 0) is 0 Å². The molecule has 0 bridgehead atoms. The maximum absolute atomic E-state index is 11.2. The molecule has 0 saturated heterocycles. The van der Waals surface area contributed by atoms with Crippen LogP contribution in [0.4, 0.5) is 11.6 Å². The highest BCUT2D eigenvalue weighted by atomic mass is 16.4. The molecule has 0 aliphatic heterocycles. The average molecular weight is 237 g/mol. The molecule has 0 amide bonds. The molecule has 0 aromatic carbocycles. The minimum atomic E-state index is -0.987. The van der Waals surface area contributed by atoms with Crippen LogP contribution in [0, 0.1) is 0 Å². The predicted molar refractivity (Wildman–Crippen MR) is 68.4 cm³/mol. The van der Waals surface area contributed by atoms with Crippen molar-refractivity contribution in [1.82, 2.24) is 4.98 Å². The Hall–Kier alpha value is -1.78. The van der Waals surface area contributed by atoms with Gasteiger partial charge < -0.3 is 15.7 Å². The smallest absolute Gasteiger partial charge is 0.339 e. The van der Waals surface area contributed by atoms with E-state index in [4.69, 9.17) is 10.8 Å². The van der Waals surface area contributed by atoms with E-state index in [2.05, 4.69) is 4.98 Å². The summed E-state index contributed by atoms with van der Waals surface area (Å²) >= 11 is 0. The van der Waals surface area contributed by atoms with Gasteiger partial charge in [-0.1, -0.05) is 0 Å². The normalized spacial score (nSPS) is 10.9. The SMILES string of the molecule is CC(C)N(c1nc(N)ccc1C(=O)O)C(C)C. The highest BCUT2D eigenvalue weighted by molar-refractivity contribution is 5.93. The molecule has 17 heavy (non-hydrogen) atoms. The number of nitrogen functional groups attached to an aromatic ring is 1. The van der Waals surface area contributed by atoms with Gasteiger partial charge in [0.25, 0.3) is 0 Å². The lowest BCUT2D eigenvalue weighted by Crippen LogP contribution is -2.38. The Morgan fingerprint density at radius 1 is 1.29 bits per heavy atom. The first-order chi connectivity index (χ1) is 7.84. The molecule has 0 saturated carbocycles. The van der Waals surface area contributed by atoms with Crippen LogP contribution >= 0.6 is 0 Å². The Morgan fingerprint density at radius 3 is 2.24 bits per heavy atom. The van der Waals surface area contributed by atoms with Gasteiger partial charge in [-0.3, -0.25) is 0 Å². The van der Waals surface area contributed by atoms with Crippen LogP contribution in [0.15, 0.2) is 12.1 Å². The number of aromatic carboxylic acids is 1. The number of aromatic nitrogens is 1. The molecular formula is C12H19N3O2. The van der Waals surface area contributed by atoms with E-state index in [0.29, 0.717) is 11.6 Å². The summed E-state index contributed by atoms with van der Waals surface area (Å²) in [5, 5.41) is 9.16. The molecule has 1 rings (SSSR count). The van der Waals surface area contributed by atoms with Crippen molar-refractivity contribution in [3.63, 3.8) is 0 Å². The first-order valence-corrected chi connectivity index (χ1v) is 5.62. The predicted octanol–water partition coefficient (Wildman–Crippen LogP) is 1.99. The number of anilines is 2. The molecule has 1 heterocycles. The molecule has 0 atom stereocenters. The molecule has 0 fully saturated rings. The quantitative estimate of drug-likeness (QED) is 0.837. The van der Waals surface area contributed by atoms with Gasteiger partial charge >= 0.3 is 5.97 Å². The number of carbonyl (C=O) groups is 1. The Bertz CT molecular complexity index is 408. The zero-order valence-electron chi connectivity index (χ0n) is 10.6. The topological polar surface area (TPSA) is 79.5 Å². The maximum atomic E-state index is 11.2. The zero-order valence-corrected chi connectivity index (χ0v) is 10.6. The van der Waals surface area contributed by atoms with Crippen molar-refractivity contribution in [1.29, 1.82) is 0 Å². The molecule has 0 aliphatic carbocycles. The average Bonchev–Trinajstić information content (AvgIpc) is 2.15. The molecule has 1 aromatic rings. The number of hydrogen-bond acceptors (Lipinski definition) is 4. The molecular weight excluding hydrogens is 218 g/mol. The first kappa shape index (κ1) is 13.3. The lowest BCUT2D eigenvalue weighted by molar-refractivity contribution is 0.0697. The number of carboxylic acids is 1. The van der Waals surface area contributed by atoms with Gasteiger partial charge in [0.2, 0.25) is 0 Å². The lowest BCUT2D eigenvalue weighted by Gasteiger charge is -2.32. The van der Waals surface area contributed by atoms with Crippen LogP contribution < -0.4 is 10.6 Å². The van der Waals surface area contributed by atoms with Gasteiger partial charge in [-0.25, -0.2) is 9.78 Å². The minimum absolute atomic E-state index is 0.155. The highest BCUT2D eigenvalue weighted by Crippen LogP contribution is 2.23. The van der Waals surface area contributed by atoms with Gasteiger partial charge in [-0.2, -0.15) is 0 Å².